The fraction of sp³-hybridized carbons (Fsp3) is 0.265. The van der Waals surface area contributed by atoms with Crippen LogP contribution in [-0.4, -0.2) is 19.0 Å². The third kappa shape index (κ3) is 7.87. The molecular formula is C34H38N2O3. The lowest BCUT2D eigenvalue weighted by Crippen LogP contribution is -2.11. The van der Waals surface area contributed by atoms with Gasteiger partial charge >= 0.3 is 0 Å². The van der Waals surface area contributed by atoms with Gasteiger partial charge in [-0.15, -0.1) is 0 Å². The second kappa shape index (κ2) is 14.1. The van der Waals surface area contributed by atoms with Gasteiger partial charge in [-0.1, -0.05) is 93.4 Å². The summed E-state index contributed by atoms with van der Waals surface area (Å²) in [5.74, 6) is 2.61. The first-order valence-corrected chi connectivity index (χ1v) is 13.7. The number of nitrogens with two attached hydrogens (primary N) is 1. The Morgan fingerprint density at radius 1 is 0.667 bits per heavy atom. The summed E-state index contributed by atoms with van der Waals surface area (Å²) in [5.41, 5.74) is 12.0. The van der Waals surface area contributed by atoms with E-state index in [9.17, 15) is 0 Å². The van der Waals surface area contributed by atoms with Crippen LogP contribution in [0.25, 0.3) is 11.1 Å². The second-order valence-electron chi connectivity index (χ2n) is 9.55. The van der Waals surface area contributed by atoms with Crippen LogP contribution in [0.15, 0.2) is 91.0 Å². The van der Waals surface area contributed by atoms with E-state index in [1.165, 1.54) is 11.1 Å². The summed E-state index contributed by atoms with van der Waals surface area (Å²) >= 11 is 0. The molecule has 0 amide bonds. The molecule has 0 saturated heterocycles. The number of amidine groups is 1. The highest BCUT2D eigenvalue weighted by Gasteiger charge is 2.10. The Hall–Kier alpha value is -4.25. The molecule has 0 spiro atoms. The molecule has 0 saturated carbocycles. The Kier molecular flexibility index (Phi) is 10.0. The number of nitrogens with one attached hydrogen (secondary N) is 1. The van der Waals surface area contributed by atoms with E-state index < -0.39 is 0 Å². The molecule has 0 aromatic heterocycles. The molecule has 4 rings (SSSR count). The van der Waals surface area contributed by atoms with Gasteiger partial charge in [0.2, 0.25) is 0 Å². The first-order chi connectivity index (χ1) is 19.1. The summed E-state index contributed by atoms with van der Waals surface area (Å²) in [6.45, 7) is 5.75. The predicted octanol–water partition coefficient (Wildman–Crippen LogP) is 7.58. The van der Waals surface area contributed by atoms with E-state index in [1.54, 1.807) is 0 Å². The van der Waals surface area contributed by atoms with Gasteiger partial charge in [-0.05, 0) is 58.9 Å². The molecule has 4 aromatic carbocycles. The predicted molar refractivity (Wildman–Crippen MR) is 159 cm³/mol. The maximum atomic E-state index is 7.60. The van der Waals surface area contributed by atoms with Gasteiger partial charge in [0.05, 0.1) is 0 Å². The number of nitrogen functional groups attached to an aromatic ring is 1. The van der Waals surface area contributed by atoms with Crippen molar-refractivity contribution in [3.63, 3.8) is 0 Å². The minimum atomic E-state index is 0.0763. The summed E-state index contributed by atoms with van der Waals surface area (Å²) in [5, 5.41) is 7.60. The van der Waals surface area contributed by atoms with Crippen LogP contribution in [0.4, 0.5) is 0 Å². The van der Waals surface area contributed by atoms with Crippen LogP contribution in [0.3, 0.4) is 0 Å². The molecule has 4 aromatic rings. The molecule has 0 aliphatic heterocycles. The normalized spacial score (nSPS) is 10.7. The van der Waals surface area contributed by atoms with E-state index in [-0.39, 0.29) is 5.84 Å². The molecule has 5 nitrogen and oxygen atoms in total. The van der Waals surface area contributed by atoms with Crippen molar-refractivity contribution in [2.45, 2.75) is 46.1 Å². The summed E-state index contributed by atoms with van der Waals surface area (Å²) in [4.78, 5) is 0. The van der Waals surface area contributed by atoms with E-state index in [4.69, 9.17) is 25.4 Å². The van der Waals surface area contributed by atoms with Crippen molar-refractivity contribution in [3.05, 3.63) is 113 Å². The van der Waals surface area contributed by atoms with Crippen LogP contribution >= 0.6 is 0 Å². The van der Waals surface area contributed by atoms with E-state index in [1.807, 2.05) is 60.7 Å². The Morgan fingerprint density at radius 2 is 1.33 bits per heavy atom. The van der Waals surface area contributed by atoms with E-state index >= 15 is 0 Å². The third-order valence-electron chi connectivity index (χ3n) is 6.51. The van der Waals surface area contributed by atoms with E-state index in [0.29, 0.717) is 19.8 Å². The highest BCUT2D eigenvalue weighted by atomic mass is 16.5. The molecule has 0 heterocycles. The molecule has 0 unspecified atom stereocenters. The lowest BCUT2D eigenvalue weighted by Gasteiger charge is -2.16. The van der Waals surface area contributed by atoms with Crippen LogP contribution in [0, 0.1) is 5.41 Å². The van der Waals surface area contributed by atoms with Crippen molar-refractivity contribution < 1.29 is 14.2 Å². The fourth-order valence-electron chi connectivity index (χ4n) is 4.49. The van der Waals surface area contributed by atoms with E-state index in [0.717, 1.165) is 65.2 Å². The van der Waals surface area contributed by atoms with Gasteiger partial charge in [0.15, 0.2) is 0 Å². The molecule has 0 fully saturated rings. The summed E-state index contributed by atoms with van der Waals surface area (Å²) in [6.07, 6.45) is 3.94. The molecule has 0 bridgehead atoms. The maximum absolute atomic E-state index is 7.60. The topological polar surface area (TPSA) is 77.6 Å². The Labute approximate surface area is 232 Å². The molecule has 0 radical (unpaired) electrons. The zero-order chi connectivity index (χ0) is 27.5. The molecule has 202 valence electrons. The summed E-state index contributed by atoms with van der Waals surface area (Å²) in [7, 11) is 0. The van der Waals surface area contributed by atoms with Crippen LogP contribution in [0.5, 0.6) is 17.2 Å². The average Bonchev–Trinajstić information content (AvgIpc) is 2.96. The highest BCUT2D eigenvalue weighted by Crippen LogP contribution is 2.29. The number of hydrogen-bond acceptors (Lipinski definition) is 4. The molecular weight excluding hydrogens is 484 g/mol. The minimum Gasteiger partial charge on any atom is -0.490 e. The van der Waals surface area contributed by atoms with Gasteiger partial charge in [-0.25, -0.2) is 0 Å². The van der Waals surface area contributed by atoms with Crippen molar-refractivity contribution >= 4 is 5.84 Å². The first-order valence-electron chi connectivity index (χ1n) is 13.7. The largest absolute Gasteiger partial charge is 0.490 e. The molecule has 0 aliphatic carbocycles. The molecule has 5 heteroatoms. The number of benzene rings is 4. The van der Waals surface area contributed by atoms with Gasteiger partial charge in [0.1, 0.15) is 42.9 Å². The Morgan fingerprint density at radius 3 is 2.03 bits per heavy atom. The SMILES string of the molecule is CCCc1cc(-c2ccc(C(=N)N)cc2)ccc1OCCOc1cc(OCc2ccccc2)ccc1CCC. The molecule has 0 atom stereocenters. The standard InChI is InChI=1S/C34H38N2O3/c1-3-8-27-16-18-31(39-24-25-10-6-5-7-11-25)23-33(27)38-21-20-37-32-19-17-29(22-30(32)9-4-2)26-12-14-28(15-13-26)34(35)36/h5-7,10-19,22-23H,3-4,8-9,20-21,24H2,1-2H3,(H3,35,36). The second-order valence-corrected chi connectivity index (χ2v) is 9.55. The molecule has 3 N–H and O–H groups in total. The zero-order valence-electron chi connectivity index (χ0n) is 22.9. The quantitative estimate of drug-likeness (QED) is 0.102. The number of rotatable bonds is 14. The Balaban J connectivity index is 1.38. The van der Waals surface area contributed by atoms with Crippen molar-refractivity contribution in [3.8, 4) is 28.4 Å². The number of ether oxygens (including phenoxy) is 3. The zero-order valence-corrected chi connectivity index (χ0v) is 22.9. The maximum Gasteiger partial charge on any atom is 0.126 e. The van der Waals surface area contributed by atoms with Gasteiger partial charge in [0, 0.05) is 11.6 Å². The van der Waals surface area contributed by atoms with Crippen LogP contribution in [0.1, 0.15) is 48.9 Å². The first kappa shape index (κ1) is 27.8. The van der Waals surface area contributed by atoms with E-state index in [2.05, 4.69) is 44.2 Å². The lowest BCUT2D eigenvalue weighted by molar-refractivity contribution is 0.213. The van der Waals surface area contributed by atoms with Crippen LogP contribution in [-0.2, 0) is 19.4 Å². The smallest absolute Gasteiger partial charge is 0.126 e. The minimum absolute atomic E-state index is 0.0763. The molecule has 39 heavy (non-hydrogen) atoms. The van der Waals surface area contributed by atoms with Crippen molar-refractivity contribution in [2.75, 3.05) is 13.2 Å². The van der Waals surface area contributed by atoms with Gasteiger partial charge in [-0.3, -0.25) is 5.41 Å². The van der Waals surface area contributed by atoms with Crippen molar-refractivity contribution in [1.29, 1.82) is 5.41 Å². The van der Waals surface area contributed by atoms with Gasteiger partial charge in [0.25, 0.3) is 0 Å². The van der Waals surface area contributed by atoms with Crippen LogP contribution in [0.2, 0.25) is 0 Å². The third-order valence-corrected chi connectivity index (χ3v) is 6.51. The number of hydrogen-bond donors (Lipinski definition) is 2. The van der Waals surface area contributed by atoms with Crippen molar-refractivity contribution in [2.24, 2.45) is 5.73 Å². The van der Waals surface area contributed by atoms with Gasteiger partial charge < -0.3 is 19.9 Å². The fourth-order valence-corrected chi connectivity index (χ4v) is 4.49. The average molecular weight is 523 g/mol. The monoisotopic (exact) mass is 522 g/mol. The molecule has 0 aliphatic rings. The summed E-state index contributed by atoms with van der Waals surface area (Å²) < 4.78 is 18.4. The highest BCUT2D eigenvalue weighted by molar-refractivity contribution is 5.95. The van der Waals surface area contributed by atoms with Crippen LogP contribution < -0.4 is 19.9 Å². The van der Waals surface area contributed by atoms with Crippen molar-refractivity contribution in [1.82, 2.24) is 0 Å². The Bertz CT molecular complexity index is 1350. The number of aryl methyl sites for hydroxylation is 2. The van der Waals surface area contributed by atoms with Gasteiger partial charge in [-0.2, -0.15) is 0 Å². The lowest BCUT2D eigenvalue weighted by atomic mass is 9.99. The summed E-state index contributed by atoms with van der Waals surface area (Å²) in [6, 6.07) is 30.3.